The molecule has 1 heterocycles. The monoisotopic (exact) mass is 544 g/mol. The van der Waals surface area contributed by atoms with Crippen molar-refractivity contribution >= 4 is 54.1 Å². The summed E-state index contributed by atoms with van der Waals surface area (Å²) in [5.74, 6) is 0. The average Bonchev–Trinajstić information content (AvgIpc) is 3.40. The van der Waals surface area contributed by atoms with Gasteiger partial charge in [0.15, 0.2) is 0 Å². The van der Waals surface area contributed by atoms with Crippen LogP contribution in [0.2, 0.25) is 0 Å². The van der Waals surface area contributed by atoms with Crippen LogP contribution >= 0.6 is 0 Å². The third-order valence-electron chi connectivity index (χ3n) is 8.97. The minimum Gasteiger partial charge on any atom is -0.309 e. The zero-order chi connectivity index (χ0) is 28.5. The molecule has 0 saturated heterocycles. The number of aromatic nitrogens is 1. The fraction of sp³-hybridized carbons (Fsp3) is 0. The molecule has 0 amide bonds. The van der Waals surface area contributed by atoms with Gasteiger partial charge < -0.3 is 4.57 Å². The number of rotatable bonds is 3. The van der Waals surface area contributed by atoms with Gasteiger partial charge in [-0.15, -0.1) is 0 Å². The van der Waals surface area contributed by atoms with Crippen molar-refractivity contribution in [2.75, 3.05) is 0 Å². The van der Waals surface area contributed by atoms with Crippen LogP contribution in [-0.4, -0.2) is 4.57 Å². The lowest BCUT2D eigenvalue weighted by molar-refractivity contribution is 1.18. The van der Waals surface area contributed by atoms with E-state index in [0.717, 1.165) is 27.7 Å². The van der Waals surface area contributed by atoms with E-state index in [9.17, 15) is 5.26 Å². The smallest absolute Gasteiger partial charge is 0.0992 e. The van der Waals surface area contributed by atoms with Crippen molar-refractivity contribution in [1.29, 1.82) is 5.26 Å². The highest BCUT2D eigenvalue weighted by atomic mass is 15.0. The molecule has 0 radical (unpaired) electrons. The fourth-order valence-electron chi connectivity index (χ4n) is 6.95. The summed E-state index contributed by atoms with van der Waals surface area (Å²) < 4.78 is 2.27. The summed E-state index contributed by atoms with van der Waals surface area (Å²) >= 11 is 0. The molecule has 0 bridgehead atoms. The van der Waals surface area contributed by atoms with Crippen LogP contribution in [0.5, 0.6) is 0 Å². The maximum absolute atomic E-state index is 9.60. The SMILES string of the molecule is N#Cc1ccc2c3ccc(-c4ccc(-c5ccc6ccc7cccc8ccc5c6c78)cc4)cc3n(-c3ccccc3)c2c1. The van der Waals surface area contributed by atoms with E-state index < -0.39 is 0 Å². The van der Waals surface area contributed by atoms with Crippen LogP contribution in [0.15, 0.2) is 146 Å². The number of nitriles is 1. The molecule has 9 rings (SSSR count). The summed E-state index contributed by atoms with van der Waals surface area (Å²) in [5, 5.41) is 19.8. The Balaban J connectivity index is 1.19. The summed E-state index contributed by atoms with van der Waals surface area (Å²) in [7, 11) is 0. The van der Waals surface area contributed by atoms with Gasteiger partial charge >= 0.3 is 0 Å². The van der Waals surface area contributed by atoms with Gasteiger partial charge in [0.1, 0.15) is 0 Å². The molecule has 2 heteroatoms. The molecular formula is C41H24N2. The molecule has 43 heavy (non-hydrogen) atoms. The predicted molar refractivity (Wildman–Crippen MR) is 180 cm³/mol. The van der Waals surface area contributed by atoms with Crippen LogP contribution in [-0.2, 0) is 0 Å². The largest absolute Gasteiger partial charge is 0.309 e. The van der Waals surface area contributed by atoms with E-state index in [1.54, 1.807) is 0 Å². The Morgan fingerprint density at radius 1 is 0.442 bits per heavy atom. The van der Waals surface area contributed by atoms with Crippen LogP contribution in [0, 0.1) is 11.3 Å². The van der Waals surface area contributed by atoms with Crippen molar-refractivity contribution < 1.29 is 0 Å². The predicted octanol–water partition coefficient (Wildman–Crippen LogP) is 10.9. The summed E-state index contributed by atoms with van der Waals surface area (Å²) in [5.41, 5.74) is 8.72. The first-order valence-corrected chi connectivity index (χ1v) is 14.6. The Labute approximate surface area is 248 Å². The molecule has 0 N–H and O–H groups in total. The molecule has 0 fully saturated rings. The van der Waals surface area contributed by atoms with Crippen molar-refractivity contribution in [3.63, 3.8) is 0 Å². The molecule has 2 nitrogen and oxygen atoms in total. The third kappa shape index (κ3) is 3.52. The van der Waals surface area contributed by atoms with Crippen molar-refractivity contribution in [2.45, 2.75) is 0 Å². The highest BCUT2D eigenvalue weighted by molar-refractivity contribution is 6.25. The molecule has 198 valence electrons. The van der Waals surface area contributed by atoms with Crippen molar-refractivity contribution in [2.24, 2.45) is 0 Å². The number of benzene rings is 8. The second kappa shape index (κ2) is 9.05. The van der Waals surface area contributed by atoms with Crippen LogP contribution in [0.1, 0.15) is 5.56 Å². The molecule has 1 aromatic heterocycles. The maximum atomic E-state index is 9.60. The van der Waals surface area contributed by atoms with Gasteiger partial charge in [-0.2, -0.15) is 5.26 Å². The van der Waals surface area contributed by atoms with Crippen molar-refractivity contribution in [3.05, 3.63) is 151 Å². The lowest BCUT2D eigenvalue weighted by Crippen LogP contribution is -1.93. The van der Waals surface area contributed by atoms with E-state index in [-0.39, 0.29) is 0 Å². The quantitative estimate of drug-likeness (QED) is 0.203. The molecule has 0 atom stereocenters. The number of para-hydroxylation sites is 1. The average molecular weight is 545 g/mol. The summed E-state index contributed by atoms with van der Waals surface area (Å²) in [6.45, 7) is 0. The molecule has 8 aromatic carbocycles. The van der Waals surface area contributed by atoms with Crippen molar-refractivity contribution in [1.82, 2.24) is 4.57 Å². The molecule has 0 saturated carbocycles. The first kappa shape index (κ1) is 23.8. The normalized spacial score (nSPS) is 11.7. The van der Waals surface area contributed by atoms with Crippen molar-refractivity contribution in [3.8, 4) is 34.0 Å². The molecule has 0 aliphatic carbocycles. The Kier molecular flexibility index (Phi) is 5.00. The molecular weight excluding hydrogens is 520 g/mol. The van der Waals surface area contributed by atoms with Crippen LogP contribution in [0.25, 0.3) is 82.1 Å². The Bertz CT molecular complexity index is 2530. The zero-order valence-corrected chi connectivity index (χ0v) is 23.3. The number of hydrogen-bond acceptors (Lipinski definition) is 1. The molecule has 0 aliphatic rings. The van der Waals surface area contributed by atoms with Gasteiger partial charge in [-0.1, -0.05) is 115 Å². The van der Waals surface area contributed by atoms with E-state index in [2.05, 4.69) is 138 Å². The first-order chi connectivity index (χ1) is 21.3. The first-order valence-electron chi connectivity index (χ1n) is 14.6. The van der Waals surface area contributed by atoms with E-state index in [1.165, 1.54) is 54.4 Å². The standard InChI is InChI=1S/C41H24N2/c42-25-26-9-19-35-36-21-18-32(24-39(36)43(38(35)23-26)33-7-2-1-3-8-33)27-10-12-28(13-11-27)34-20-16-31-15-14-29-5-4-6-30-17-22-37(34)41(31)40(29)30/h1-24H. The van der Waals surface area contributed by atoms with Crippen LogP contribution < -0.4 is 0 Å². The number of nitrogens with zero attached hydrogens (tertiary/aromatic N) is 2. The number of hydrogen-bond donors (Lipinski definition) is 0. The summed E-state index contributed by atoms with van der Waals surface area (Å²) in [6, 6.07) is 54.4. The topological polar surface area (TPSA) is 28.7 Å². The Hall–Kier alpha value is -5.91. The van der Waals surface area contributed by atoms with Crippen LogP contribution in [0.4, 0.5) is 0 Å². The Morgan fingerprint density at radius 2 is 1.05 bits per heavy atom. The minimum atomic E-state index is 0.662. The van der Waals surface area contributed by atoms with Gasteiger partial charge in [-0.25, -0.2) is 0 Å². The lowest BCUT2D eigenvalue weighted by atomic mass is 9.89. The fourth-order valence-corrected chi connectivity index (χ4v) is 6.95. The van der Waals surface area contributed by atoms with E-state index in [0.29, 0.717) is 5.56 Å². The maximum Gasteiger partial charge on any atom is 0.0992 e. The minimum absolute atomic E-state index is 0.662. The van der Waals surface area contributed by atoms with Gasteiger partial charge in [-0.05, 0) is 84.9 Å². The zero-order valence-electron chi connectivity index (χ0n) is 23.3. The molecule has 0 unspecified atom stereocenters. The van der Waals surface area contributed by atoms with Gasteiger partial charge in [-0.3, -0.25) is 0 Å². The highest BCUT2D eigenvalue weighted by Crippen LogP contribution is 2.40. The van der Waals surface area contributed by atoms with Gasteiger partial charge in [0.05, 0.1) is 22.7 Å². The van der Waals surface area contributed by atoms with Gasteiger partial charge in [0, 0.05) is 16.5 Å². The number of fused-ring (bicyclic) bond motifs is 3. The summed E-state index contributed by atoms with van der Waals surface area (Å²) in [6.07, 6.45) is 0. The second-order valence-corrected chi connectivity index (χ2v) is 11.3. The van der Waals surface area contributed by atoms with E-state index in [1.807, 2.05) is 18.2 Å². The summed E-state index contributed by atoms with van der Waals surface area (Å²) in [4.78, 5) is 0. The highest BCUT2D eigenvalue weighted by Gasteiger charge is 2.15. The molecule has 9 aromatic rings. The molecule has 0 aliphatic heterocycles. The van der Waals surface area contributed by atoms with E-state index in [4.69, 9.17) is 0 Å². The van der Waals surface area contributed by atoms with Gasteiger partial charge in [0.2, 0.25) is 0 Å². The van der Waals surface area contributed by atoms with E-state index >= 15 is 0 Å². The third-order valence-corrected chi connectivity index (χ3v) is 8.97. The second-order valence-electron chi connectivity index (χ2n) is 11.3. The lowest BCUT2D eigenvalue weighted by Gasteiger charge is -2.14. The van der Waals surface area contributed by atoms with Gasteiger partial charge in [0.25, 0.3) is 0 Å². The Morgan fingerprint density at radius 3 is 1.81 bits per heavy atom. The molecule has 0 spiro atoms. The van der Waals surface area contributed by atoms with Crippen LogP contribution in [0.3, 0.4) is 0 Å².